The summed E-state index contributed by atoms with van der Waals surface area (Å²) in [5.74, 6) is -0.472. The fourth-order valence-corrected chi connectivity index (χ4v) is 0.405. The topological polar surface area (TPSA) is 46.5 Å². The first-order valence-corrected chi connectivity index (χ1v) is 2.60. The third-order valence-electron chi connectivity index (χ3n) is 0.966. The molecule has 3 nitrogen and oxygen atoms in total. The number of esters is 1. The molecule has 0 spiro atoms. The fourth-order valence-electron chi connectivity index (χ4n) is 0.405. The Hall–Kier alpha value is -0.830. The number of rotatable bonds is 2. The summed E-state index contributed by atoms with van der Waals surface area (Å²) < 4.78 is 4.33. The first kappa shape index (κ1) is 8.17. The second kappa shape index (κ2) is 4.09. The minimum Gasteiger partial charge on any atom is -0.466 e. The van der Waals surface area contributed by atoms with E-state index in [4.69, 9.17) is 5.11 Å². The third-order valence-corrected chi connectivity index (χ3v) is 0.966. The molecule has 0 aromatic rings. The maximum Gasteiger partial charge on any atom is 0.335 e. The van der Waals surface area contributed by atoms with E-state index < -0.39 is 5.97 Å². The third kappa shape index (κ3) is 2.28. The highest BCUT2D eigenvalue weighted by Gasteiger charge is 2.04. The molecule has 0 aromatic heterocycles. The van der Waals surface area contributed by atoms with Crippen LogP contribution in [0.15, 0.2) is 11.6 Å². The maximum atomic E-state index is 10.5. The van der Waals surface area contributed by atoms with Gasteiger partial charge in [-0.15, -0.1) is 0 Å². The van der Waals surface area contributed by atoms with Crippen molar-refractivity contribution >= 4 is 5.97 Å². The van der Waals surface area contributed by atoms with Crippen LogP contribution in [0.1, 0.15) is 6.92 Å². The van der Waals surface area contributed by atoms with Gasteiger partial charge in [-0.3, -0.25) is 0 Å². The highest BCUT2D eigenvalue weighted by Crippen LogP contribution is 1.93. The molecule has 0 aliphatic rings. The van der Waals surface area contributed by atoms with E-state index in [9.17, 15) is 4.79 Å². The molecule has 0 heterocycles. The van der Waals surface area contributed by atoms with Crippen LogP contribution in [-0.2, 0) is 9.53 Å². The van der Waals surface area contributed by atoms with Gasteiger partial charge in [0, 0.05) is 0 Å². The molecular formula is C6H10O3. The van der Waals surface area contributed by atoms with Gasteiger partial charge in [0.2, 0.25) is 0 Å². The average Bonchev–Trinajstić information content (AvgIpc) is 1.90. The Morgan fingerprint density at radius 2 is 2.33 bits per heavy atom. The number of hydrogen-bond acceptors (Lipinski definition) is 3. The minimum atomic E-state index is -0.472. The molecule has 1 N–H and O–H groups in total. The Kier molecular flexibility index (Phi) is 3.71. The van der Waals surface area contributed by atoms with Crippen LogP contribution in [0.2, 0.25) is 0 Å². The van der Waals surface area contributed by atoms with Crippen molar-refractivity contribution in [2.24, 2.45) is 0 Å². The maximum absolute atomic E-state index is 10.5. The zero-order chi connectivity index (χ0) is 7.28. The van der Waals surface area contributed by atoms with Crippen LogP contribution in [0.5, 0.6) is 0 Å². The summed E-state index contributed by atoms with van der Waals surface area (Å²) >= 11 is 0. The number of ether oxygens (including phenoxy) is 1. The largest absolute Gasteiger partial charge is 0.466 e. The van der Waals surface area contributed by atoms with Gasteiger partial charge < -0.3 is 9.84 Å². The minimum absolute atomic E-state index is 0.261. The van der Waals surface area contributed by atoms with Crippen molar-refractivity contribution in [3.63, 3.8) is 0 Å². The van der Waals surface area contributed by atoms with E-state index in [1.165, 1.54) is 13.2 Å². The van der Waals surface area contributed by atoms with Gasteiger partial charge in [0.05, 0.1) is 19.3 Å². The van der Waals surface area contributed by atoms with Gasteiger partial charge in [-0.05, 0) is 6.92 Å². The molecule has 0 saturated heterocycles. The predicted molar refractivity (Wildman–Crippen MR) is 32.9 cm³/mol. The highest BCUT2D eigenvalue weighted by molar-refractivity contribution is 5.88. The molecule has 0 aliphatic carbocycles. The first-order valence-electron chi connectivity index (χ1n) is 2.60. The second-order valence-corrected chi connectivity index (χ2v) is 1.46. The molecule has 0 rings (SSSR count). The van der Waals surface area contributed by atoms with E-state index in [0.717, 1.165) is 0 Å². The molecule has 0 saturated carbocycles. The van der Waals surface area contributed by atoms with E-state index >= 15 is 0 Å². The molecular weight excluding hydrogens is 120 g/mol. The van der Waals surface area contributed by atoms with Gasteiger partial charge in [0.15, 0.2) is 0 Å². The van der Waals surface area contributed by atoms with Crippen LogP contribution in [0.4, 0.5) is 0 Å². The van der Waals surface area contributed by atoms with Crippen molar-refractivity contribution in [1.82, 2.24) is 0 Å². The average molecular weight is 130 g/mol. The molecule has 9 heavy (non-hydrogen) atoms. The van der Waals surface area contributed by atoms with E-state index in [2.05, 4.69) is 4.74 Å². The van der Waals surface area contributed by atoms with Gasteiger partial charge in [0.25, 0.3) is 0 Å². The van der Waals surface area contributed by atoms with Crippen LogP contribution in [-0.4, -0.2) is 24.8 Å². The van der Waals surface area contributed by atoms with Crippen LogP contribution in [0.3, 0.4) is 0 Å². The lowest BCUT2D eigenvalue weighted by molar-refractivity contribution is -0.136. The highest BCUT2D eigenvalue weighted by atomic mass is 16.5. The Morgan fingerprint density at radius 3 is 2.44 bits per heavy atom. The molecule has 0 atom stereocenters. The zero-order valence-electron chi connectivity index (χ0n) is 5.55. The Morgan fingerprint density at radius 1 is 1.78 bits per heavy atom. The lowest BCUT2D eigenvalue weighted by atomic mass is 10.3. The van der Waals surface area contributed by atoms with E-state index in [1.807, 2.05) is 0 Å². The van der Waals surface area contributed by atoms with Crippen LogP contribution in [0.25, 0.3) is 0 Å². The van der Waals surface area contributed by atoms with Gasteiger partial charge in [0.1, 0.15) is 0 Å². The van der Waals surface area contributed by atoms with Crippen molar-refractivity contribution in [1.29, 1.82) is 0 Å². The Balaban J connectivity index is 3.97. The summed E-state index contributed by atoms with van der Waals surface area (Å²) in [4.78, 5) is 10.5. The second-order valence-electron chi connectivity index (χ2n) is 1.46. The smallest absolute Gasteiger partial charge is 0.335 e. The fraction of sp³-hybridized carbons (Fsp3) is 0.500. The summed E-state index contributed by atoms with van der Waals surface area (Å²) in [6.07, 6.45) is 1.52. The van der Waals surface area contributed by atoms with Crippen LogP contribution < -0.4 is 0 Å². The number of allylic oxidation sites excluding steroid dienone is 1. The van der Waals surface area contributed by atoms with E-state index in [1.54, 1.807) is 6.92 Å². The van der Waals surface area contributed by atoms with Crippen molar-refractivity contribution in [3.8, 4) is 0 Å². The molecule has 0 fully saturated rings. The summed E-state index contributed by atoms with van der Waals surface area (Å²) in [6.45, 7) is 1.41. The standard InChI is InChI=1S/C6H10O3/c1-3-5(4-7)6(8)9-2/h3,7H,4H2,1-2H3/b5-3-. The summed E-state index contributed by atoms with van der Waals surface area (Å²) in [7, 11) is 1.28. The normalized spacial score (nSPS) is 11.2. The summed E-state index contributed by atoms with van der Waals surface area (Å²) in [5, 5.41) is 8.46. The monoisotopic (exact) mass is 130 g/mol. The van der Waals surface area contributed by atoms with Crippen molar-refractivity contribution in [2.75, 3.05) is 13.7 Å². The van der Waals surface area contributed by atoms with Crippen molar-refractivity contribution in [2.45, 2.75) is 6.92 Å². The van der Waals surface area contributed by atoms with E-state index in [-0.39, 0.29) is 12.2 Å². The van der Waals surface area contributed by atoms with Gasteiger partial charge in [-0.25, -0.2) is 4.79 Å². The number of aliphatic hydroxyl groups is 1. The van der Waals surface area contributed by atoms with Crippen molar-refractivity contribution < 1.29 is 14.6 Å². The lowest BCUT2D eigenvalue weighted by Gasteiger charge is -1.97. The summed E-state index contributed by atoms with van der Waals surface area (Å²) in [6, 6.07) is 0. The molecule has 0 unspecified atom stereocenters. The van der Waals surface area contributed by atoms with E-state index in [0.29, 0.717) is 0 Å². The molecule has 52 valence electrons. The summed E-state index contributed by atoms with van der Waals surface area (Å²) in [5.41, 5.74) is 0.289. The molecule has 3 heteroatoms. The Labute approximate surface area is 53.9 Å². The molecule has 0 aromatic carbocycles. The van der Waals surface area contributed by atoms with Crippen molar-refractivity contribution in [3.05, 3.63) is 11.6 Å². The lowest BCUT2D eigenvalue weighted by Crippen LogP contribution is -2.07. The SMILES string of the molecule is C/C=C(/CO)C(=O)OC. The first-order chi connectivity index (χ1) is 4.26. The zero-order valence-corrected chi connectivity index (χ0v) is 5.55. The quantitative estimate of drug-likeness (QED) is 0.426. The number of aliphatic hydroxyl groups excluding tert-OH is 1. The number of methoxy groups -OCH3 is 1. The Bertz CT molecular complexity index is 126. The number of carbonyl (C=O) groups is 1. The molecule has 0 bridgehead atoms. The van der Waals surface area contributed by atoms with Gasteiger partial charge >= 0.3 is 5.97 Å². The molecule has 0 aliphatic heterocycles. The molecule has 0 radical (unpaired) electrons. The van der Waals surface area contributed by atoms with Crippen LogP contribution in [0, 0.1) is 0 Å². The van der Waals surface area contributed by atoms with Gasteiger partial charge in [-0.2, -0.15) is 0 Å². The van der Waals surface area contributed by atoms with Crippen LogP contribution >= 0.6 is 0 Å². The number of hydrogen-bond donors (Lipinski definition) is 1. The van der Waals surface area contributed by atoms with Gasteiger partial charge in [-0.1, -0.05) is 6.08 Å². The predicted octanol–water partition coefficient (Wildman–Crippen LogP) is 0.0980. The molecule has 0 amide bonds. The number of carbonyl (C=O) groups excluding carboxylic acids is 1.